The lowest BCUT2D eigenvalue weighted by molar-refractivity contribution is 0.203. The average molecular weight is 314 g/mol. The number of nitrogens with zero attached hydrogens (tertiary/aromatic N) is 3. The van der Waals surface area contributed by atoms with Gasteiger partial charge < -0.3 is 10.2 Å². The number of aromatic nitrogens is 1. The molecular formula is C19H30N4. The number of pyridine rings is 1. The smallest absolute Gasteiger partial charge is 0.193 e. The van der Waals surface area contributed by atoms with E-state index in [1.165, 1.54) is 45.1 Å². The molecule has 2 heterocycles. The summed E-state index contributed by atoms with van der Waals surface area (Å²) >= 11 is 0. The van der Waals surface area contributed by atoms with E-state index in [1.54, 1.807) is 0 Å². The van der Waals surface area contributed by atoms with Crippen LogP contribution in [0.25, 0.3) is 0 Å². The van der Waals surface area contributed by atoms with Gasteiger partial charge >= 0.3 is 0 Å². The van der Waals surface area contributed by atoms with Crippen LogP contribution in [0.5, 0.6) is 0 Å². The van der Waals surface area contributed by atoms with E-state index in [0.29, 0.717) is 5.41 Å². The second-order valence-electron chi connectivity index (χ2n) is 7.04. The van der Waals surface area contributed by atoms with Gasteiger partial charge in [0.15, 0.2) is 5.96 Å². The van der Waals surface area contributed by atoms with Crippen molar-refractivity contribution < 1.29 is 0 Å². The van der Waals surface area contributed by atoms with Gasteiger partial charge in [-0.15, -0.1) is 0 Å². The Morgan fingerprint density at radius 3 is 2.87 bits per heavy atom. The Hall–Kier alpha value is -1.58. The fourth-order valence-corrected chi connectivity index (χ4v) is 4.07. The summed E-state index contributed by atoms with van der Waals surface area (Å²) in [4.78, 5) is 11.7. The van der Waals surface area contributed by atoms with Crippen molar-refractivity contribution in [2.75, 3.05) is 26.2 Å². The van der Waals surface area contributed by atoms with E-state index in [9.17, 15) is 0 Å². The molecule has 1 aromatic rings. The van der Waals surface area contributed by atoms with Gasteiger partial charge in [0.25, 0.3) is 0 Å². The van der Waals surface area contributed by atoms with Gasteiger partial charge in [-0.2, -0.15) is 0 Å². The van der Waals surface area contributed by atoms with Crippen molar-refractivity contribution >= 4 is 5.96 Å². The Bertz CT molecular complexity index is 505. The van der Waals surface area contributed by atoms with Crippen LogP contribution in [-0.2, 0) is 6.42 Å². The second kappa shape index (κ2) is 7.80. The normalized spacial score (nSPS) is 20.9. The fraction of sp³-hybridized carbons (Fsp3) is 0.684. The first-order valence-corrected chi connectivity index (χ1v) is 9.24. The molecular weight excluding hydrogens is 284 g/mol. The van der Waals surface area contributed by atoms with E-state index in [0.717, 1.165) is 37.7 Å². The molecule has 23 heavy (non-hydrogen) atoms. The monoisotopic (exact) mass is 314 g/mol. The van der Waals surface area contributed by atoms with Crippen molar-refractivity contribution in [2.24, 2.45) is 10.4 Å². The molecule has 126 valence electrons. The van der Waals surface area contributed by atoms with Gasteiger partial charge in [-0.25, -0.2) is 0 Å². The highest BCUT2D eigenvalue weighted by molar-refractivity contribution is 5.80. The Balaban J connectivity index is 1.58. The summed E-state index contributed by atoms with van der Waals surface area (Å²) in [6.07, 6.45) is 11.2. The van der Waals surface area contributed by atoms with Crippen molar-refractivity contribution in [1.29, 1.82) is 0 Å². The Labute approximate surface area is 140 Å². The van der Waals surface area contributed by atoms with Gasteiger partial charge in [0.05, 0.1) is 0 Å². The Morgan fingerprint density at radius 2 is 2.13 bits per heavy atom. The van der Waals surface area contributed by atoms with E-state index in [1.807, 2.05) is 18.3 Å². The first-order valence-electron chi connectivity index (χ1n) is 9.24. The van der Waals surface area contributed by atoms with Crippen molar-refractivity contribution in [3.8, 4) is 0 Å². The molecule has 0 unspecified atom stereocenters. The average Bonchev–Trinajstić information content (AvgIpc) is 2.99. The third-order valence-corrected chi connectivity index (χ3v) is 5.34. The van der Waals surface area contributed by atoms with Crippen LogP contribution in [-0.4, -0.2) is 42.0 Å². The molecule has 1 spiro atoms. The highest BCUT2D eigenvalue weighted by atomic mass is 15.3. The van der Waals surface area contributed by atoms with Gasteiger partial charge in [0.1, 0.15) is 0 Å². The standard InChI is InChI=1S/C19H30N4/c1-2-20-18(22-14-9-17-8-4-7-13-21-17)23-15-12-19(16-23)10-5-3-6-11-19/h4,7-8,13H,2-3,5-6,9-12,14-16H2,1H3,(H,20,22). The SMILES string of the molecule is CCNC(=NCCc1ccccn1)N1CCC2(CCCCC2)C1. The molecule has 0 amide bonds. The van der Waals surface area contributed by atoms with Gasteiger partial charge in [0.2, 0.25) is 0 Å². The van der Waals surface area contributed by atoms with Crippen LogP contribution in [0.3, 0.4) is 0 Å². The molecule has 1 aliphatic heterocycles. The minimum atomic E-state index is 0.579. The van der Waals surface area contributed by atoms with E-state index >= 15 is 0 Å². The predicted molar refractivity (Wildman–Crippen MR) is 95.6 cm³/mol. The minimum Gasteiger partial charge on any atom is -0.357 e. The van der Waals surface area contributed by atoms with Crippen LogP contribution in [0.15, 0.2) is 29.4 Å². The lowest BCUT2D eigenvalue weighted by atomic mass is 9.73. The predicted octanol–water partition coefficient (Wildman–Crippen LogP) is 3.25. The summed E-state index contributed by atoms with van der Waals surface area (Å²) in [5, 5.41) is 3.49. The maximum Gasteiger partial charge on any atom is 0.193 e. The summed E-state index contributed by atoms with van der Waals surface area (Å²) in [5.41, 5.74) is 1.70. The van der Waals surface area contributed by atoms with Crippen LogP contribution < -0.4 is 5.32 Å². The van der Waals surface area contributed by atoms with E-state index in [2.05, 4.69) is 28.2 Å². The van der Waals surface area contributed by atoms with Crippen molar-refractivity contribution in [3.05, 3.63) is 30.1 Å². The number of hydrogen-bond donors (Lipinski definition) is 1. The summed E-state index contributed by atoms with van der Waals surface area (Å²) in [6, 6.07) is 6.09. The third kappa shape index (κ3) is 4.24. The maximum absolute atomic E-state index is 4.86. The molecule has 1 aliphatic carbocycles. The van der Waals surface area contributed by atoms with Crippen LogP contribution in [0, 0.1) is 5.41 Å². The molecule has 0 radical (unpaired) electrons. The Morgan fingerprint density at radius 1 is 1.26 bits per heavy atom. The lowest BCUT2D eigenvalue weighted by Gasteiger charge is -2.33. The third-order valence-electron chi connectivity index (χ3n) is 5.34. The van der Waals surface area contributed by atoms with Crippen molar-refractivity contribution in [1.82, 2.24) is 15.2 Å². The highest BCUT2D eigenvalue weighted by Crippen LogP contribution is 2.43. The number of guanidine groups is 1. The molecule has 1 aromatic heterocycles. The minimum absolute atomic E-state index is 0.579. The topological polar surface area (TPSA) is 40.5 Å². The molecule has 0 aromatic carbocycles. The molecule has 3 rings (SSSR count). The zero-order valence-corrected chi connectivity index (χ0v) is 14.4. The molecule has 1 N–H and O–H groups in total. The maximum atomic E-state index is 4.86. The van der Waals surface area contributed by atoms with Crippen LogP contribution in [0.4, 0.5) is 0 Å². The van der Waals surface area contributed by atoms with Crippen LogP contribution in [0.2, 0.25) is 0 Å². The molecule has 0 bridgehead atoms. The zero-order valence-electron chi connectivity index (χ0n) is 14.4. The van der Waals surface area contributed by atoms with E-state index in [4.69, 9.17) is 4.99 Å². The van der Waals surface area contributed by atoms with Gasteiger partial charge in [-0.3, -0.25) is 9.98 Å². The zero-order chi connectivity index (χ0) is 16.0. The van der Waals surface area contributed by atoms with Crippen molar-refractivity contribution in [3.63, 3.8) is 0 Å². The van der Waals surface area contributed by atoms with Crippen molar-refractivity contribution in [2.45, 2.75) is 51.9 Å². The van der Waals surface area contributed by atoms with Crippen LogP contribution >= 0.6 is 0 Å². The molecule has 4 heteroatoms. The Kier molecular flexibility index (Phi) is 5.52. The highest BCUT2D eigenvalue weighted by Gasteiger charge is 2.39. The lowest BCUT2D eigenvalue weighted by Crippen LogP contribution is -2.41. The summed E-state index contributed by atoms with van der Waals surface area (Å²) in [5.74, 6) is 1.10. The summed E-state index contributed by atoms with van der Waals surface area (Å²) in [6.45, 7) is 6.26. The second-order valence-corrected chi connectivity index (χ2v) is 7.04. The quantitative estimate of drug-likeness (QED) is 0.685. The van der Waals surface area contributed by atoms with Gasteiger partial charge in [-0.1, -0.05) is 25.3 Å². The number of aliphatic imine (C=N–C) groups is 1. The van der Waals surface area contributed by atoms with E-state index in [-0.39, 0.29) is 0 Å². The van der Waals surface area contributed by atoms with Crippen LogP contribution in [0.1, 0.15) is 51.1 Å². The summed E-state index contributed by atoms with van der Waals surface area (Å²) < 4.78 is 0. The molecule has 2 aliphatic rings. The number of hydrogen-bond acceptors (Lipinski definition) is 2. The molecule has 4 nitrogen and oxygen atoms in total. The number of likely N-dealkylation sites (tertiary alicyclic amines) is 1. The number of nitrogens with one attached hydrogen (secondary N) is 1. The number of rotatable bonds is 4. The molecule has 1 saturated carbocycles. The van der Waals surface area contributed by atoms with Gasteiger partial charge in [-0.05, 0) is 43.7 Å². The first-order chi connectivity index (χ1) is 11.3. The summed E-state index contributed by atoms with van der Waals surface area (Å²) in [7, 11) is 0. The first kappa shape index (κ1) is 16.3. The fourth-order valence-electron chi connectivity index (χ4n) is 4.07. The molecule has 2 fully saturated rings. The van der Waals surface area contributed by atoms with E-state index < -0.39 is 0 Å². The molecule has 1 saturated heterocycles. The molecule has 0 atom stereocenters. The largest absolute Gasteiger partial charge is 0.357 e. The van der Waals surface area contributed by atoms with Gasteiger partial charge in [0, 0.05) is 44.5 Å².